The molecular formula is C16H21NO2S. The predicted molar refractivity (Wildman–Crippen MR) is 83.9 cm³/mol. The van der Waals surface area contributed by atoms with Gasteiger partial charge in [0.15, 0.2) is 11.5 Å². The highest BCUT2D eigenvalue weighted by Gasteiger charge is 2.15. The van der Waals surface area contributed by atoms with Crippen LogP contribution in [0.5, 0.6) is 11.5 Å². The monoisotopic (exact) mass is 291 g/mol. The summed E-state index contributed by atoms with van der Waals surface area (Å²) in [5.41, 5.74) is 8.64. The molecule has 0 saturated heterocycles. The summed E-state index contributed by atoms with van der Waals surface area (Å²) in [6.07, 6.45) is 0. The lowest BCUT2D eigenvalue weighted by Crippen LogP contribution is -2.12. The molecule has 1 heterocycles. The molecule has 0 aliphatic carbocycles. The molecule has 1 aromatic heterocycles. The first-order valence-electron chi connectivity index (χ1n) is 6.86. The van der Waals surface area contributed by atoms with Crippen LogP contribution in [0.4, 0.5) is 0 Å². The lowest BCUT2D eigenvalue weighted by Gasteiger charge is -2.16. The predicted octanol–water partition coefficient (Wildman–Crippen LogP) is 3.90. The van der Waals surface area contributed by atoms with E-state index in [2.05, 4.69) is 18.4 Å². The lowest BCUT2D eigenvalue weighted by atomic mass is 10.0. The van der Waals surface area contributed by atoms with Gasteiger partial charge in [-0.15, -0.1) is 11.3 Å². The molecule has 3 nitrogen and oxygen atoms in total. The van der Waals surface area contributed by atoms with Gasteiger partial charge in [0.05, 0.1) is 19.3 Å². The molecule has 1 aromatic carbocycles. The van der Waals surface area contributed by atoms with Gasteiger partial charge in [0.25, 0.3) is 0 Å². The van der Waals surface area contributed by atoms with Gasteiger partial charge in [0.1, 0.15) is 0 Å². The highest BCUT2D eigenvalue weighted by molar-refractivity contribution is 7.10. The third-order valence-electron chi connectivity index (χ3n) is 3.11. The minimum absolute atomic E-state index is 0.120. The Bertz CT molecular complexity index is 565. The van der Waals surface area contributed by atoms with E-state index in [1.165, 1.54) is 10.4 Å². The van der Waals surface area contributed by atoms with Gasteiger partial charge >= 0.3 is 0 Å². The van der Waals surface area contributed by atoms with E-state index in [1.54, 1.807) is 11.3 Å². The smallest absolute Gasteiger partial charge is 0.161 e. The third kappa shape index (κ3) is 3.14. The SMILES string of the molecule is CCOc1ccc(C(N)c2sccc2C)cc1OCC. The van der Waals surface area contributed by atoms with Gasteiger partial charge < -0.3 is 15.2 Å². The Hall–Kier alpha value is -1.52. The van der Waals surface area contributed by atoms with E-state index < -0.39 is 0 Å². The van der Waals surface area contributed by atoms with Crippen LogP contribution < -0.4 is 15.2 Å². The number of hydrogen-bond acceptors (Lipinski definition) is 4. The Kier molecular flexibility index (Phi) is 5.04. The average molecular weight is 291 g/mol. The molecule has 2 aromatic rings. The van der Waals surface area contributed by atoms with Gasteiger partial charge in [-0.3, -0.25) is 0 Å². The van der Waals surface area contributed by atoms with Crippen molar-refractivity contribution in [3.8, 4) is 11.5 Å². The summed E-state index contributed by atoms with van der Waals surface area (Å²) in [6, 6.07) is 7.91. The summed E-state index contributed by atoms with van der Waals surface area (Å²) in [7, 11) is 0. The van der Waals surface area contributed by atoms with Crippen LogP contribution in [0, 0.1) is 6.92 Å². The van der Waals surface area contributed by atoms with Crippen molar-refractivity contribution in [2.75, 3.05) is 13.2 Å². The normalized spacial score (nSPS) is 12.2. The molecule has 1 unspecified atom stereocenters. The van der Waals surface area contributed by atoms with Gasteiger partial charge in [0, 0.05) is 4.88 Å². The molecule has 2 rings (SSSR count). The first-order valence-corrected chi connectivity index (χ1v) is 7.74. The van der Waals surface area contributed by atoms with Crippen LogP contribution in [0.1, 0.15) is 35.9 Å². The van der Waals surface area contributed by atoms with Crippen LogP contribution in [0.15, 0.2) is 29.6 Å². The van der Waals surface area contributed by atoms with Crippen LogP contribution in [-0.2, 0) is 0 Å². The summed E-state index contributed by atoms with van der Waals surface area (Å²) in [5, 5.41) is 2.07. The first kappa shape index (κ1) is 14.9. The summed E-state index contributed by atoms with van der Waals surface area (Å²) < 4.78 is 11.2. The van der Waals surface area contributed by atoms with Crippen molar-refractivity contribution in [3.63, 3.8) is 0 Å². The molecule has 4 heteroatoms. The zero-order valence-corrected chi connectivity index (χ0v) is 13.0. The number of ether oxygens (including phenoxy) is 2. The Morgan fingerprint density at radius 1 is 1.10 bits per heavy atom. The quantitative estimate of drug-likeness (QED) is 0.878. The minimum Gasteiger partial charge on any atom is -0.490 e. The maximum Gasteiger partial charge on any atom is 0.161 e. The van der Waals surface area contributed by atoms with Crippen molar-refractivity contribution < 1.29 is 9.47 Å². The zero-order chi connectivity index (χ0) is 14.5. The number of nitrogens with two attached hydrogens (primary N) is 1. The fourth-order valence-corrected chi connectivity index (χ4v) is 3.07. The van der Waals surface area contributed by atoms with Crippen LogP contribution in [0.25, 0.3) is 0 Å². The maximum atomic E-state index is 6.36. The molecule has 0 radical (unpaired) electrons. The van der Waals surface area contributed by atoms with E-state index in [-0.39, 0.29) is 6.04 Å². The number of aryl methyl sites for hydroxylation is 1. The molecule has 0 bridgehead atoms. The lowest BCUT2D eigenvalue weighted by molar-refractivity contribution is 0.287. The summed E-state index contributed by atoms with van der Waals surface area (Å²) >= 11 is 1.69. The van der Waals surface area contributed by atoms with Gasteiger partial charge in [-0.1, -0.05) is 6.07 Å². The molecule has 0 fully saturated rings. The van der Waals surface area contributed by atoms with Crippen molar-refractivity contribution >= 4 is 11.3 Å². The van der Waals surface area contributed by atoms with Gasteiger partial charge in [-0.25, -0.2) is 0 Å². The topological polar surface area (TPSA) is 44.5 Å². The highest BCUT2D eigenvalue weighted by Crippen LogP contribution is 2.34. The van der Waals surface area contributed by atoms with E-state index >= 15 is 0 Å². The van der Waals surface area contributed by atoms with Crippen molar-refractivity contribution in [2.45, 2.75) is 26.8 Å². The molecule has 2 N–H and O–H groups in total. The summed E-state index contributed by atoms with van der Waals surface area (Å²) in [6.45, 7) is 7.24. The molecule has 108 valence electrons. The van der Waals surface area contributed by atoms with Gasteiger partial charge in [0.2, 0.25) is 0 Å². The van der Waals surface area contributed by atoms with E-state index in [0.717, 1.165) is 17.1 Å². The fourth-order valence-electron chi connectivity index (χ4n) is 2.12. The van der Waals surface area contributed by atoms with Crippen molar-refractivity contribution in [2.24, 2.45) is 5.73 Å². The first-order chi connectivity index (χ1) is 9.67. The van der Waals surface area contributed by atoms with E-state index in [1.807, 2.05) is 32.0 Å². The highest BCUT2D eigenvalue weighted by atomic mass is 32.1. The molecule has 0 amide bonds. The molecule has 1 atom stereocenters. The molecule has 0 aliphatic heterocycles. The largest absolute Gasteiger partial charge is 0.490 e. The minimum atomic E-state index is -0.120. The van der Waals surface area contributed by atoms with Gasteiger partial charge in [-0.2, -0.15) is 0 Å². The number of benzene rings is 1. The average Bonchev–Trinajstić information content (AvgIpc) is 2.86. The Morgan fingerprint density at radius 3 is 2.40 bits per heavy atom. The Morgan fingerprint density at radius 2 is 1.80 bits per heavy atom. The molecule has 0 saturated carbocycles. The van der Waals surface area contributed by atoms with Crippen LogP contribution in [-0.4, -0.2) is 13.2 Å². The summed E-state index contributed by atoms with van der Waals surface area (Å²) in [5.74, 6) is 1.53. The van der Waals surface area contributed by atoms with E-state index in [4.69, 9.17) is 15.2 Å². The van der Waals surface area contributed by atoms with Crippen molar-refractivity contribution in [1.82, 2.24) is 0 Å². The van der Waals surface area contributed by atoms with Crippen LogP contribution in [0.2, 0.25) is 0 Å². The second-order valence-electron chi connectivity index (χ2n) is 4.52. The second-order valence-corrected chi connectivity index (χ2v) is 5.47. The Labute approximate surface area is 124 Å². The molecule has 20 heavy (non-hydrogen) atoms. The van der Waals surface area contributed by atoms with E-state index in [9.17, 15) is 0 Å². The molecule has 0 aliphatic rings. The molecule has 0 spiro atoms. The van der Waals surface area contributed by atoms with Gasteiger partial charge in [-0.05, 0) is 55.5 Å². The zero-order valence-electron chi connectivity index (χ0n) is 12.2. The third-order valence-corrected chi connectivity index (χ3v) is 4.21. The van der Waals surface area contributed by atoms with Crippen LogP contribution in [0.3, 0.4) is 0 Å². The Balaban J connectivity index is 2.32. The standard InChI is InChI=1S/C16H21NO2S/c1-4-18-13-7-6-12(10-14(13)19-5-2)15(17)16-11(3)8-9-20-16/h6-10,15H,4-5,17H2,1-3H3. The number of hydrogen-bond donors (Lipinski definition) is 1. The van der Waals surface area contributed by atoms with E-state index in [0.29, 0.717) is 13.2 Å². The van der Waals surface area contributed by atoms with Crippen molar-refractivity contribution in [3.05, 3.63) is 45.6 Å². The second kappa shape index (κ2) is 6.77. The number of thiophene rings is 1. The fraction of sp³-hybridized carbons (Fsp3) is 0.375. The van der Waals surface area contributed by atoms with Crippen LogP contribution >= 0.6 is 11.3 Å². The molecular weight excluding hydrogens is 270 g/mol. The van der Waals surface area contributed by atoms with Crippen molar-refractivity contribution in [1.29, 1.82) is 0 Å². The number of rotatable bonds is 6. The maximum absolute atomic E-state index is 6.36. The summed E-state index contributed by atoms with van der Waals surface area (Å²) in [4.78, 5) is 1.19.